The molecule has 0 aliphatic rings. The van der Waals surface area contributed by atoms with Gasteiger partial charge in [0.15, 0.2) is 0 Å². The van der Waals surface area contributed by atoms with Crippen LogP contribution in [0.3, 0.4) is 0 Å². The van der Waals surface area contributed by atoms with Crippen molar-refractivity contribution in [2.75, 3.05) is 28.3 Å². The maximum Gasteiger partial charge on any atom is 0.258 e. The van der Waals surface area contributed by atoms with Crippen molar-refractivity contribution >= 4 is 10.8 Å². The summed E-state index contributed by atoms with van der Waals surface area (Å²) in [6.07, 6.45) is 5.56. The lowest BCUT2D eigenvalue weighted by Gasteiger charge is -2.19. The number of methoxy groups -OCH3 is 2. The molecule has 0 amide bonds. The molecule has 7 heteroatoms. The van der Waals surface area contributed by atoms with Gasteiger partial charge in [-0.25, -0.2) is 0 Å². The molecule has 0 aliphatic heterocycles. The summed E-state index contributed by atoms with van der Waals surface area (Å²) >= 11 is 0. The summed E-state index contributed by atoms with van der Waals surface area (Å²) in [6.45, 7) is 1.32. The maximum absolute atomic E-state index is 12.9. The number of pyridine rings is 1. The van der Waals surface area contributed by atoms with Crippen LogP contribution in [-0.2, 0) is 20.1 Å². The summed E-state index contributed by atoms with van der Waals surface area (Å²) in [5.74, 6) is 1.51. The van der Waals surface area contributed by atoms with Crippen molar-refractivity contribution in [3.63, 3.8) is 0 Å². The summed E-state index contributed by atoms with van der Waals surface area (Å²) in [5.41, 5.74) is 3.89. The number of ether oxygens (including phenoxy) is 2. The molecule has 32 heavy (non-hydrogen) atoms. The lowest BCUT2D eigenvalue weighted by Crippen LogP contribution is -2.17. The fourth-order valence-corrected chi connectivity index (χ4v) is 4.03. The first kappa shape index (κ1) is 21.6. The molecule has 0 radical (unpaired) electrons. The molecule has 7 nitrogen and oxygen atoms in total. The zero-order chi connectivity index (χ0) is 22.8. The minimum atomic E-state index is -0.0300. The van der Waals surface area contributed by atoms with Crippen LogP contribution in [-0.4, -0.2) is 47.6 Å². The number of aryl methyl sites for hydroxylation is 1. The van der Waals surface area contributed by atoms with Crippen molar-refractivity contribution in [1.29, 1.82) is 0 Å². The van der Waals surface area contributed by atoms with Crippen LogP contribution in [0.15, 0.2) is 59.8 Å². The molecule has 0 spiro atoms. The Morgan fingerprint density at radius 1 is 1.03 bits per heavy atom. The fraction of sp³-hybridized carbons (Fsp3) is 0.280. The topological polar surface area (TPSA) is 61.5 Å². The SMILES string of the molecule is COc1cc(-c2cn(C)c(=O)c3ccc(Cn4cccn4)cc23)cc(OC)c1CN(C)C. The molecule has 0 saturated carbocycles. The van der Waals surface area contributed by atoms with Crippen LogP contribution >= 0.6 is 0 Å². The maximum atomic E-state index is 12.9. The molecule has 0 bridgehead atoms. The van der Waals surface area contributed by atoms with Gasteiger partial charge in [0.1, 0.15) is 11.5 Å². The lowest BCUT2D eigenvalue weighted by molar-refractivity contribution is 0.349. The summed E-state index contributed by atoms with van der Waals surface area (Å²) in [6, 6.07) is 11.9. The van der Waals surface area contributed by atoms with Crippen LogP contribution in [0.5, 0.6) is 11.5 Å². The number of hydrogen-bond acceptors (Lipinski definition) is 5. The van der Waals surface area contributed by atoms with Crippen LogP contribution < -0.4 is 15.0 Å². The quantitative estimate of drug-likeness (QED) is 0.447. The second-order valence-electron chi connectivity index (χ2n) is 8.14. The van der Waals surface area contributed by atoms with Crippen LogP contribution in [0.1, 0.15) is 11.1 Å². The predicted octanol–water partition coefficient (Wildman–Crippen LogP) is 3.53. The zero-order valence-corrected chi connectivity index (χ0v) is 19.1. The normalized spacial score (nSPS) is 11.3. The Labute approximate surface area is 187 Å². The average molecular weight is 433 g/mol. The second-order valence-corrected chi connectivity index (χ2v) is 8.14. The van der Waals surface area contributed by atoms with E-state index in [2.05, 4.69) is 16.1 Å². The van der Waals surface area contributed by atoms with Gasteiger partial charge in [-0.15, -0.1) is 0 Å². The van der Waals surface area contributed by atoms with Gasteiger partial charge in [0.05, 0.1) is 26.3 Å². The van der Waals surface area contributed by atoms with Crippen LogP contribution in [0.4, 0.5) is 0 Å². The average Bonchev–Trinajstić information content (AvgIpc) is 3.29. The molecule has 2 aromatic carbocycles. The largest absolute Gasteiger partial charge is 0.496 e. The van der Waals surface area contributed by atoms with Gasteiger partial charge < -0.3 is 18.9 Å². The van der Waals surface area contributed by atoms with Gasteiger partial charge in [0.2, 0.25) is 0 Å². The number of aromatic nitrogens is 3. The summed E-state index contributed by atoms with van der Waals surface area (Å²) in [7, 11) is 9.12. The number of benzene rings is 2. The van der Waals surface area contributed by atoms with Crippen molar-refractivity contribution in [1.82, 2.24) is 19.2 Å². The fourth-order valence-electron chi connectivity index (χ4n) is 4.03. The van der Waals surface area contributed by atoms with E-state index in [1.54, 1.807) is 32.0 Å². The van der Waals surface area contributed by atoms with E-state index in [9.17, 15) is 4.79 Å². The molecule has 2 aromatic heterocycles. The molecule has 0 saturated heterocycles. The minimum Gasteiger partial charge on any atom is -0.496 e. The molecule has 0 atom stereocenters. The first-order valence-electron chi connectivity index (χ1n) is 10.4. The second kappa shape index (κ2) is 8.88. The monoisotopic (exact) mass is 432 g/mol. The molecule has 4 aromatic rings. The third-order valence-electron chi connectivity index (χ3n) is 5.54. The molecular weight excluding hydrogens is 404 g/mol. The number of fused-ring (bicyclic) bond motifs is 1. The van der Waals surface area contributed by atoms with Gasteiger partial charge in [-0.3, -0.25) is 9.48 Å². The Balaban J connectivity index is 1.93. The first-order valence-corrected chi connectivity index (χ1v) is 10.4. The van der Waals surface area contributed by atoms with Gasteiger partial charge in [-0.2, -0.15) is 5.10 Å². The highest BCUT2D eigenvalue weighted by atomic mass is 16.5. The van der Waals surface area contributed by atoms with Gasteiger partial charge in [-0.1, -0.05) is 6.07 Å². The van der Waals surface area contributed by atoms with Crippen molar-refractivity contribution in [3.05, 3.63) is 76.5 Å². The van der Waals surface area contributed by atoms with E-state index in [1.807, 2.05) is 61.5 Å². The van der Waals surface area contributed by atoms with Crippen LogP contribution in [0.2, 0.25) is 0 Å². The Bertz CT molecular complexity index is 1280. The van der Waals surface area contributed by atoms with Crippen LogP contribution in [0.25, 0.3) is 21.9 Å². The standard InChI is InChI=1S/C25H28N4O3/c1-27(2)15-22-23(31-4)12-18(13-24(22)32-5)21-16-28(3)25(30)19-8-7-17(11-20(19)21)14-29-10-6-9-26-29/h6-13,16H,14-15H2,1-5H3. The van der Waals surface area contributed by atoms with E-state index in [-0.39, 0.29) is 5.56 Å². The van der Waals surface area contributed by atoms with Gasteiger partial charge in [0, 0.05) is 43.1 Å². The van der Waals surface area contributed by atoms with E-state index in [0.717, 1.165) is 39.1 Å². The Hall–Kier alpha value is -3.58. The lowest BCUT2D eigenvalue weighted by atomic mass is 9.97. The van der Waals surface area contributed by atoms with Crippen molar-refractivity contribution < 1.29 is 9.47 Å². The number of rotatable bonds is 7. The van der Waals surface area contributed by atoms with E-state index < -0.39 is 0 Å². The molecule has 166 valence electrons. The van der Waals surface area contributed by atoms with Crippen molar-refractivity contribution in [2.24, 2.45) is 7.05 Å². The third-order valence-corrected chi connectivity index (χ3v) is 5.54. The van der Waals surface area contributed by atoms with E-state index in [0.29, 0.717) is 18.5 Å². The van der Waals surface area contributed by atoms with Gasteiger partial charge in [0.25, 0.3) is 5.56 Å². The molecule has 0 N–H and O–H groups in total. The van der Waals surface area contributed by atoms with Gasteiger partial charge >= 0.3 is 0 Å². The highest BCUT2D eigenvalue weighted by Crippen LogP contribution is 2.37. The van der Waals surface area contributed by atoms with E-state index >= 15 is 0 Å². The minimum absolute atomic E-state index is 0.0300. The van der Waals surface area contributed by atoms with Crippen molar-refractivity contribution in [2.45, 2.75) is 13.1 Å². The zero-order valence-electron chi connectivity index (χ0n) is 19.1. The Morgan fingerprint density at radius 2 is 1.75 bits per heavy atom. The summed E-state index contributed by atoms with van der Waals surface area (Å²) in [4.78, 5) is 14.9. The third kappa shape index (κ3) is 4.11. The molecular formula is C25H28N4O3. The Morgan fingerprint density at radius 3 is 2.34 bits per heavy atom. The molecule has 2 heterocycles. The summed E-state index contributed by atoms with van der Waals surface area (Å²) in [5, 5.41) is 5.86. The molecule has 0 aliphatic carbocycles. The Kier molecular flexibility index (Phi) is 6.01. The molecule has 0 unspecified atom stereocenters. The number of nitrogens with zero attached hydrogens (tertiary/aromatic N) is 4. The predicted molar refractivity (Wildman–Crippen MR) is 126 cm³/mol. The smallest absolute Gasteiger partial charge is 0.258 e. The number of hydrogen-bond donors (Lipinski definition) is 0. The molecule has 4 rings (SSSR count). The summed E-state index contributed by atoms with van der Waals surface area (Å²) < 4.78 is 14.9. The molecule has 0 fully saturated rings. The van der Waals surface area contributed by atoms with Crippen molar-refractivity contribution in [3.8, 4) is 22.6 Å². The van der Waals surface area contributed by atoms with Crippen LogP contribution in [0, 0.1) is 0 Å². The first-order chi connectivity index (χ1) is 15.4. The van der Waals surface area contributed by atoms with E-state index in [4.69, 9.17) is 9.47 Å². The van der Waals surface area contributed by atoms with E-state index in [1.165, 1.54) is 0 Å². The highest BCUT2D eigenvalue weighted by molar-refractivity contribution is 5.96. The van der Waals surface area contributed by atoms with Gasteiger partial charge in [-0.05, 0) is 60.9 Å². The highest BCUT2D eigenvalue weighted by Gasteiger charge is 2.17.